The monoisotopic (exact) mass is 360 g/mol. The Balaban J connectivity index is 2.16. The van der Waals surface area contributed by atoms with Crippen LogP contribution in [0.15, 0.2) is 77.2 Å². The van der Waals surface area contributed by atoms with Gasteiger partial charge in [-0.15, -0.1) is 0 Å². The Morgan fingerprint density at radius 3 is 1.89 bits per heavy atom. The Kier molecular flexibility index (Phi) is 3.89. The van der Waals surface area contributed by atoms with Crippen LogP contribution in [-0.2, 0) is 0 Å². The third-order valence-corrected chi connectivity index (χ3v) is 4.26. The molecule has 27 heavy (non-hydrogen) atoms. The second kappa shape index (κ2) is 6.38. The van der Waals surface area contributed by atoms with E-state index in [2.05, 4.69) is 0 Å². The highest BCUT2D eigenvalue weighted by Crippen LogP contribution is 2.45. The Morgan fingerprint density at radius 1 is 0.741 bits per heavy atom. The lowest BCUT2D eigenvalue weighted by Crippen LogP contribution is -1.93. The van der Waals surface area contributed by atoms with Crippen molar-refractivity contribution >= 4 is 22.3 Å². The van der Waals surface area contributed by atoms with Crippen molar-refractivity contribution in [3.63, 3.8) is 0 Å². The summed E-state index contributed by atoms with van der Waals surface area (Å²) in [5, 5.41) is 23.1. The van der Waals surface area contributed by atoms with E-state index in [0.29, 0.717) is 16.7 Å². The fourth-order valence-electron chi connectivity index (χ4n) is 3.09. The van der Waals surface area contributed by atoms with Crippen LogP contribution in [0.3, 0.4) is 0 Å². The normalized spacial score (nSPS) is 10.8. The van der Waals surface area contributed by atoms with E-state index in [1.54, 1.807) is 0 Å². The second-order valence-corrected chi connectivity index (χ2v) is 5.89. The lowest BCUT2D eigenvalue weighted by molar-refractivity contribution is -0.393. The summed E-state index contributed by atoms with van der Waals surface area (Å²) < 4.78 is 5.90. The quantitative estimate of drug-likeness (QED) is 0.349. The topological polar surface area (TPSA) is 99.4 Å². The number of fused-ring (bicyclic) bond motifs is 1. The molecular weight excluding hydrogens is 348 g/mol. The van der Waals surface area contributed by atoms with Gasteiger partial charge in [-0.2, -0.15) is 0 Å². The number of nitro groups is 2. The van der Waals surface area contributed by atoms with E-state index in [0.717, 1.165) is 17.2 Å². The van der Waals surface area contributed by atoms with Gasteiger partial charge in [0.15, 0.2) is 0 Å². The summed E-state index contributed by atoms with van der Waals surface area (Å²) in [7, 11) is 0. The lowest BCUT2D eigenvalue weighted by atomic mass is 9.98. The molecule has 3 aromatic carbocycles. The van der Waals surface area contributed by atoms with Gasteiger partial charge >= 0.3 is 5.69 Å². The van der Waals surface area contributed by atoms with Crippen molar-refractivity contribution in [3.8, 4) is 22.5 Å². The van der Waals surface area contributed by atoms with Crippen LogP contribution in [0.4, 0.5) is 11.4 Å². The molecule has 0 spiro atoms. The van der Waals surface area contributed by atoms with Crippen molar-refractivity contribution in [1.82, 2.24) is 0 Å². The van der Waals surface area contributed by atoms with Crippen LogP contribution in [0.5, 0.6) is 0 Å². The fourth-order valence-corrected chi connectivity index (χ4v) is 3.09. The van der Waals surface area contributed by atoms with Gasteiger partial charge in [0.05, 0.1) is 15.9 Å². The van der Waals surface area contributed by atoms with Gasteiger partial charge in [0, 0.05) is 22.6 Å². The molecule has 0 N–H and O–H groups in total. The molecule has 7 heteroatoms. The summed E-state index contributed by atoms with van der Waals surface area (Å²) in [6.45, 7) is 0. The molecule has 0 saturated carbocycles. The van der Waals surface area contributed by atoms with E-state index in [4.69, 9.17) is 4.42 Å². The Morgan fingerprint density at radius 2 is 1.33 bits per heavy atom. The number of nitrogens with zero attached hydrogens (tertiary/aromatic N) is 2. The zero-order valence-corrected chi connectivity index (χ0v) is 13.9. The minimum atomic E-state index is -0.664. The van der Waals surface area contributed by atoms with Crippen LogP contribution in [0, 0.1) is 20.2 Å². The van der Waals surface area contributed by atoms with Crippen LogP contribution < -0.4 is 0 Å². The van der Waals surface area contributed by atoms with Crippen molar-refractivity contribution in [2.45, 2.75) is 0 Å². The summed E-state index contributed by atoms with van der Waals surface area (Å²) in [5.74, 6) is 0.431. The van der Waals surface area contributed by atoms with Crippen LogP contribution in [-0.4, -0.2) is 9.85 Å². The summed E-state index contributed by atoms with van der Waals surface area (Å²) in [6.07, 6.45) is 0. The highest BCUT2D eigenvalue weighted by Gasteiger charge is 2.28. The first-order valence-electron chi connectivity index (χ1n) is 8.06. The van der Waals surface area contributed by atoms with E-state index < -0.39 is 15.5 Å². The van der Waals surface area contributed by atoms with Gasteiger partial charge in [0.25, 0.3) is 5.69 Å². The Bertz CT molecular complexity index is 1170. The van der Waals surface area contributed by atoms with Gasteiger partial charge in [-0.1, -0.05) is 60.7 Å². The molecule has 0 fully saturated rings. The van der Waals surface area contributed by atoms with Crippen molar-refractivity contribution in [1.29, 1.82) is 0 Å². The van der Waals surface area contributed by atoms with Crippen LogP contribution in [0.25, 0.3) is 33.4 Å². The van der Waals surface area contributed by atoms with Gasteiger partial charge in [-0.05, 0) is 5.56 Å². The van der Waals surface area contributed by atoms with Gasteiger partial charge in [0.1, 0.15) is 5.76 Å². The molecule has 132 valence electrons. The van der Waals surface area contributed by atoms with E-state index in [1.807, 2.05) is 60.7 Å². The van der Waals surface area contributed by atoms with Crippen LogP contribution in [0.1, 0.15) is 0 Å². The standard InChI is InChI=1S/C20H12N2O5/c23-21(24)15-11-16-18(13-7-3-1-4-8-13)19(14-9-5-2-6-10-14)27-20(16)17(12-15)22(25)26/h1-12H. The molecule has 1 heterocycles. The van der Waals surface area contributed by atoms with Crippen molar-refractivity contribution in [2.24, 2.45) is 0 Å². The van der Waals surface area contributed by atoms with Crippen molar-refractivity contribution in [3.05, 3.63) is 93.0 Å². The highest BCUT2D eigenvalue weighted by atomic mass is 16.6. The molecule has 0 radical (unpaired) electrons. The summed E-state index contributed by atoms with van der Waals surface area (Å²) in [5.41, 5.74) is 1.30. The zero-order valence-electron chi connectivity index (χ0n) is 13.9. The first-order chi connectivity index (χ1) is 13.1. The molecule has 0 unspecified atom stereocenters. The molecule has 4 rings (SSSR count). The molecule has 0 aliphatic rings. The first-order valence-corrected chi connectivity index (χ1v) is 8.06. The maximum atomic E-state index is 11.5. The van der Waals surface area contributed by atoms with Gasteiger partial charge in [0.2, 0.25) is 5.58 Å². The predicted octanol–water partition coefficient (Wildman–Crippen LogP) is 5.58. The average molecular weight is 360 g/mol. The number of nitro benzene ring substituents is 2. The third-order valence-electron chi connectivity index (χ3n) is 4.26. The van der Waals surface area contributed by atoms with Gasteiger partial charge < -0.3 is 4.42 Å². The molecule has 7 nitrogen and oxygen atoms in total. The molecule has 0 atom stereocenters. The van der Waals surface area contributed by atoms with E-state index >= 15 is 0 Å². The van der Waals surface area contributed by atoms with Crippen LogP contribution in [0.2, 0.25) is 0 Å². The number of non-ortho nitro benzene ring substituents is 2. The molecule has 1 aromatic heterocycles. The maximum absolute atomic E-state index is 11.5. The summed E-state index contributed by atoms with van der Waals surface area (Å²) >= 11 is 0. The third kappa shape index (κ3) is 2.81. The largest absolute Gasteiger partial charge is 0.448 e. The van der Waals surface area contributed by atoms with E-state index in [1.165, 1.54) is 6.07 Å². The first kappa shape index (κ1) is 16.5. The number of benzene rings is 3. The average Bonchev–Trinajstić information content (AvgIpc) is 3.07. The second-order valence-electron chi connectivity index (χ2n) is 5.89. The van der Waals surface area contributed by atoms with E-state index in [-0.39, 0.29) is 11.3 Å². The molecule has 0 aliphatic carbocycles. The summed E-state index contributed by atoms with van der Waals surface area (Å²) in [6, 6.07) is 20.6. The molecule has 0 saturated heterocycles. The Hall–Kier alpha value is -4.00. The molecule has 4 aromatic rings. The van der Waals surface area contributed by atoms with Crippen molar-refractivity contribution < 1.29 is 14.3 Å². The fraction of sp³-hybridized carbons (Fsp3) is 0. The van der Waals surface area contributed by atoms with Gasteiger partial charge in [-0.25, -0.2) is 0 Å². The smallest absolute Gasteiger partial charge is 0.319 e. The predicted molar refractivity (Wildman–Crippen MR) is 100 cm³/mol. The number of rotatable bonds is 4. The number of hydrogen-bond acceptors (Lipinski definition) is 5. The zero-order chi connectivity index (χ0) is 19.0. The molecule has 0 amide bonds. The number of furan rings is 1. The molecule has 0 bridgehead atoms. The molecule has 0 aliphatic heterocycles. The minimum Gasteiger partial charge on any atom is -0.448 e. The Labute approximate surface area is 152 Å². The highest BCUT2D eigenvalue weighted by molar-refractivity contribution is 6.05. The van der Waals surface area contributed by atoms with Gasteiger partial charge in [-0.3, -0.25) is 20.2 Å². The van der Waals surface area contributed by atoms with Crippen molar-refractivity contribution in [2.75, 3.05) is 0 Å². The lowest BCUT2D eigenvalue weighted by Gasteiger charge is -2.03. The summed E-state index contributed by atoms with van der Waals surface area (Å²) in [4.78, 5) is 21.5. The van der Waals surface area contributed by atoms with Crippen LogP contribution >= 0.6 is 0 Å². The SMILES string of the molecule is O=[N+]([O-])c1cc([N+](=O)[O-])c2oc(-c3ccccc3)c(-c3ccccc3)c2c1. The number of hydrogen-bond donors (Lipinski definition) is 0. The molecular formula is C20H12N2O5. The van der Waals surface area contributed by atoms with E-state index in [9.17, 15) is 20.2 Å². The minimum absolute atomic E-state index is 0.0170. The maximum Gasteiger partial charge on any atom is 0.319 e.